The van der Waals surface area contributed by atoms with Gasteiger partial charge in [0.1, 0.15) is 0 Å². The van der Waals surface area contributed by atoms with E-state index >= 15 is 0 Å². The molecular weight excluding hydrogens is 304 g/mol. The Morgan fingerprint density at radius 2 is 2.14 bits per heavy atom. The SMILES string of the molecule is CNCc1cc(S(=O)(=O)NCC2CCCCS2)ccc1C. The second-order valence-corrected chi connectivity index (χ2v) is 8.63. The van der Waals surface area contributed by atoms with Crippen LogP contribution in [-0.4, -0.2) is 33.0 Å². The quantitative estimate of drug-likeness (QED) is 0.841. The minimum atomic E-state index is -3.41. The van der Waals surface area contributed by atoms with E-state index in [9.17, 15) is 8.42 Å². The fourth-order valence-corrected chi connectivity index (χ4v) is 4.93. The van der Waals surface area contributed by atoms with E-state index in [1.165, 1.54) is 12.8 Å². The van der Waals surface area contributed by atoms with Gasteiger partial charge in [0.05, 0.1) is 4.90 Å². The number of nitrogens with one attached hydrogen (secondary N) is 2. The van der Waals surface area contributed by atoms with Crippen molar-refractivity contribution in [2.45, 2.75) is 42.9 Å². The number of aryl methyl sites for hydroxylation is 1. The van der Waals surface area contributed by atoms with Crippen LogP contribution in [0.25, 0.3) is 0 Å². The first kappa shape index (κ1) is 16.8. The normalized spacial score (nSPS) is 19.6. The molecule has 1 aromatic rings. The minimum Gasteiger partial charge on any atom is -0.316 e. The number of rotatable bonds is 6. The molecule has 6 heteroatoms. The van der Waals surface area contributed by atoms with Crippen molar-refractivity contribution in [3.8, 4) is 0 Å². The van der Waals surface area contributed by atoms with E-state index in [4.69, 9.17) is 0 Å². The molecule has 4 nitrogen and oxygen atoms in total. The van der Waals surface area contributed by atoms with Crippen LogP contribution in [0.3, 0.4) is 0 Å². The number of benzene rings is 1. The molecule has 1 heterocycles. The summed E-state index contributed by atoms with van der Waals surface area (Å²) < 4.78 is 27.6. The number of thioether (sulfide) groups is 1. The van der Waals surface area contributed by atoms with Gasteiger partial charge >= 0.3 is 0 Å². The predicted molar refractivity (Wildman–Crippen MR) is 89.2 cm³/mol. The maximum absolute atomic E-state index is 12.4. The van der Waals surface area contributed by atoms with E-state index in [-0.39, 0.29) is 0 Å². The molecule has 1 aliphatic heterocycles. The standard InChI is InChI=1S/C15H24N2O2S2/c1-12-6-7-15(9-13(12)10-16-2)21(18,19)17-11-14-5-3-4-8-20-14/h6-7,9,14,16-17H,3-5,8,10-11H2,1-2H3. The summed E-state index contributed by atoms with van der Waals surface area (Å²) in [5.41, 5.74) is 2.12. The Balaban J connectivity index is 2.06. The van der Waals surface area contributed by atoms with Gasteiger partial charge < -0.3 is 5.32 Å². The van der Waals surface area contributed by atoms with Crippen molar-refractivity contribution >= 4 is 21.8 Å². The van der Waals surface area contributed by atoms with Crippen LogP contribution in [0.15, 0.2) is 23.1 Å². The lowest BCUT2D eigenvalue weighted by Crippen LogP contribution is -2.32. The van der Waals surface area contributed by atoms with E-state index in [2.05, 4.69) is 10.0 Å². The molecule has 1 aromatic carbocycles. The Kier molecular flexibility index (Phi) is 6.10. The maximum atomic E-state index is 12.4. The van der Waals surface area contributed by atoms with Crippen LogP contribution in [0.5, 0.6) is 0 Å². The van der Waals surface area contributed by atoms with Crippen LogP contribution in [0.4, 0.5) is 0 Å². The molecule has 2 N–H and O–H groups in total. The molecule has 0 aliphatic carbocycles. The zero-order chi connectivity index (χ0) is 15.3. The molecule has 1 unspecified atom stereocenters. The molecule has 0 radical (unpaired) electrons. The third-order valence-electron chi connectivity index (χ3n) is 3.77. The van der Waals surface area contributed by atoms with Crippen LogP contribution < -0.4 is 10.0 Å². The van der Waals surface area contributed by atoms with Crippen molar-refractivity contribution in [3.05, 3.63) is 29.3 Å². The van der Waals surface area contributed by atoms with E-state index in [1.807, 2.05) is 31.8 Å². The zero-order valence-electron chi connectivity index (χ0n) is 12.7. The van der Waals surface area contributed by atoms with Gasteiger partial charge in [-0.05, 0) is 55.8 Å². The van der Waals surface area contributed by atoms with Crippen molar-refractivity contribution in [1.82, 2.24) is 10.0 Å². The molecule has 0 bridgehead atoms. The summed E-state index contributed by atoms with van der Waals surface area (Å²) in [4.78, 5) is 0.360. The second kappa shape index (κ2) is 7.63. The number of hydrogen-bond acceptors (Lipinski definition) is 4. The average Bonchev–Trinajstić information content (AvgIpc) is 2.49. The molecule has 1 atom stereocenters. The van der Waals surface area contributed by atoms with Crippen molar-refractivity contribution in [1.29, 1.82) is 0 Å². The Labute approximate surface area is 132 Å². The van der Waals surface area contributed by atoms with Crippen LogP contribution >= 0.6 is 11.8 Å². The van der Waals surface area contributed by atoms with E-state index in [1.54, 1.807) is 12.1 Å². The van der Waals surface area contributed by atoms with Gasteiger partial charge in [-0.3, -0.25) is 0 Å². The molecule has 0 saturated carbocycles. The molecule has 21 heavy (non-hydrogen) atoms. The lowest BCUT2D eigenvalue weighted by Gasteiger charge is -2.21. The van der Waals surface area contributed by atoms with Crippen LogP contribution in [0, 0.1) is 6.92 Å². The Hall–Kier alpha value is -0.560. The summed E-state index contributed by atoms with van der Waals surface area (Å²) in [6, 6.07) is 5.32. The molecule has 1 fully saturated rings. The van der Waals surface area contributed by atoms with Gasteiger partial charge in [0.15, 0.2) is 0 Å². The third kappa shape index (κ3) is 4.71. The summed E-state index contributed by atoms with van der Waals surface area (Å²) in [6.45, 7) is 3.20. The fourth-order valence-electron chi connectivity index (χ4n) is 2.45. The van der Waals surface area contributed by atoms with Gasteiger partial charge in [-0.15, -0.1) is 0 Å². The van der Waals surface area contributed by atoms with E-state index in [0.29, 0.717) is 23.2 Å². The third-order valence-corrected chi connectivity index (χ3v) is 6.59. The van der Waals surface area contributed by atoms with Crippen molar-refractivity contribution in [2.75, 3.05) is 19.3 Å². The van der Waals surface area contributed by atoms with Gasteiger partial charge in [-0.25, -0.2) is 13.1 Å². The van der Waals surface area contributed by atoms with Gasteiger partial charge in [-0.1, -0.05) is 12.5 Å². The highest BCUT2D eigenvalue weighted by Crippen LogP contribution is 2.25. The monoisotopic (exact) mass is 328 g/mol. The number of sulfonamides is 1. The lowest BCUT2D eigenvalue weighted by molar-refractivity contribution is 0.573. The summed E-state index contributed by atoms with van der Waals surface area (Å²) in [7, 11) is -1.55. The highest BCUT2D eigenvalue weighted by Gasteiger charge is 2.19. The smallest absolute Gasteiger partial charge is 0.240 e. The summed E-state index contributed by atoms with van der Waals surface area (Å²) >= 11 is 1.88. The molecule has 2 rings (SSSR count). The predicted octanol–water partition coefficient (Wildman–Crippen LogP) is 2.28. The van der Waals surface area contributed by atoms with Crippen LogP contribution in [-0.2, 0) is 16.6 Å². The number of hydrogen-bond donors (Lipinski definition) is 2. The highest BCUT2D eigenvalue weighted by molar-refractivity contribution is 8.00. The first-order valence-corrected chi connectivity index (χ1v) is 9.91. The Morgan fingerprint density at radius 3 is 2.81 bits per heavy atom. The van der Waals surface area contributed by atoms with Crippen molar-refractivity contribution in [2.24, 2.45) is 0 Å². The first-order valence-electron chi connectivity index (χ1n) is 7.38. The van der Waals surface area contributed by atoms with Gasteiger partial charge in [0.25, 0.3) is 0 Å². The molecule has 0 spiro atoms. The van der Waals surface area contributed by atoms with E-state index in [0.717, 1.165) is 23.3 Å². The maximum Gasteiger partial charge on any atom is 0.240 e. The molecular formula is C15H24N2O2S2. The first-order chi connectivity index (χ1) is 10.0. The molecule has 1 aliphatic rings. The van der Waals surface area contributed by atoms with Gasteiger partial charge in [0, 0.05) is 18.3 Å². The Bertz CT molecular complexity index is 567. The fraction of sp³-hybridized carbons (Fsp3) is 0.600. The van der Waals surface area contributed by atoms with Crippen molar-refractivity contribution in [3.63, 3.8) is 0 Å². The lowest BCUT2D eigenvalue weighted by atomic mass is 10.1. The van der Waals surface area contributed by atoms with Gasteiger partial charge in [-0.2, -0.15) is 11.8 Å². The molecule has 0 amide bonds. The zero-order valence-corrected chi connectivity index (χ0v) is 14.3. The summed E-state index contributed by atoms with van der Waals surface area (Å²) in [5, 5.41) is 3.48. The Morgan fingerprint density at radius 1 is 1.33 bits per heavy atom. The van der Waals surface area contributed by atoms with Crippen molar-refractivity contribution < 1.29 is 8.42 Å². The van der Waals surface area contributed by atoms with E-state index < -0.39 is 10.0 Å². The van der Waals surface area contributed by atoms with Crippen LogP contribution in [0.1, 0.15) is 30.4 Å². The molecule has 0 aromatic heterocycles. The largest absolute Gasteiger partial charge is 0.316 e. The molecule has 118 valence electrons. The van der Waals surface area contributed by atoms with Gasteiger partial charge in [0.2, 0.25) is 10.0 Å². The molecule has 1 saturated heterocycles. The van der Waals surface area contributed by atoms with Crippen LogP contribution in [0.2, 0.25) is 0 Å². The second-order valence-electron chi connectivity index (χ2n) is 5.46. The average molecular weight is 329 g/mol. The minimum absolute atomic E-state index is 0.360. The summed E-state index contributed by atoms with van der Waals surface area (Å²) in [5.74, 6) is 1.14. The topological polar surface area (TPSA) is 58.2 Å². The highest BCUT2D eigenvalue weighted by atomic mass is 32.2. The summed E-state index contributed by atoms with van der Waals surface area (Å²) in [6.07, 6.45) is 3.56.